The lowest BCUT2D eigenvalue weighted by atomic mass is 9.83. The number of carbonyl (C=O) groups is 6. The summed E-state index contributed by atoms with van der Waals surface area (Å²) in [6, 6.07) is 1.61. The number of carbonyl (C=O) groups excluding carboxylic acids is 5. The van der Waals surface area contributed by atoms with Crippen LogP contribution in [0.3, 0.4) is 0 Å². The normalized spacial score (nSPS) is 28.0. The van der Waals surface area contributed by atoms with Gasteiger partial charge in [0.1, 0.15) is 46.8 Å². The maximum Gasteiger partial charge on any atom is 0.409 e. The molecule has 67 heavy (non-hydrogen) atoms. The highest BCUT2D eigenvalue weighted by Crippen LogP contribution is 2.49. The molecule has 0 aromatic heterocycles. The van der Waals surface area contributed by atoms with Crippen molar-refractivity contribution < 1.29 is 62.7 Å². The number of halogens is 1. The number of amides is 4. The second-order valence-electron chi connectivity index (χ2n) is 17.7. The van der Waals surface area contributed by atoms with Gasteiger partial charge in [-0.15, -0.1) is 0 Å². The van der Waals surface area contributed by atoms with Crippen LogP contribution in [0.15, 0.2) is 35.9 Å². The Morgan fingerprint density at radius 1 is 1.15 bits per heavy atom. The number of carboxylic acid groups (broad SMARTS) is 1. The summed E-state index contributed by atoms with van der Waals surface area (Å²) >= 11 is 6.80. The van der Waals surface area contributed by atoms with E-state index in [1.807, 2.05) is 19.9 Å². The van der Waals surface area contributed by atoms with Gasteiger partial charge >= 0.3 is 18.0 Å². The van der Waals surface area contributed by atoms with Gasteiger partial charge in [-0.2, -0.15) is 0 Å². The van der Waals surface area contributed by atoms with Crippen LogP contribution < -0.4 is 26.0 Å². The zero-order chi connectivity index (χ0) is 49.8. The Balaban J connectivity index is 1.44. The summed E-state index contributed by atoms with van der Waals surface area (Å²) in [5.74, 6) is -2.43. The number of methoxy groups -OCH3 is 2. The van der Waals surface area contributed by atoms with Gasteiger partial charge < -0.3 is 54.7 Å². The van der Waals surface area contributed by atoms with E-state index < -0.39 is 77.7 Å². The zero-order valence-electron chi connectivity index (χ0n) is 39.8. The van der Waals surface area contributed by atoms with Crippen LogP contribution in [0, 0.1) is 5.92 Å². The summed E-state index contributed by atoms with van der Waals surface area (Å²) in [5, 5.41) is 26.4. The molecule has 0 spiro atoms. The second-order valence-corrected chi connectivity index (χ2v) is 21.0. The number of esters is 1. The number of benzene rings is 1. The van der Waals surface area contributed by atoms with Crippen molar-refractivity contribution in [1.82, 2.24) is 15.5 Å². The van der Waals surface area contributed by atoms with Crippen molar-refractivity contribution in [3.05, 3.63) is 46.5 Å². The third-order valence-electron chi connectivity index (χ3n) is 12.5. The topological polar surface area (TPSA) is 249 Å². The van der Waals surface area contributed by atoms with Crippen LogP contribution in [0.1, 0.15) is 91.5 Å². The molecule has 374 valence electrons. The van der Waals surface area contributed by atoms with E-state index in [0.717, 1.165) is 11.1 Å². The number of carboxylic acids is 1. The number of aliphatic hydroxyl groups is 1. The Hall–Kier alpha value is -4.05. The van der Waals surface area contributed by atoms with E-state index in [-0.39, 0.29) is 41.3 Å². The number of allylic oxidation sites excluding steroid dienone is 3. The largest absolute Gasteiger partial charge is 0.495 e. The minimum Gasteiger partial charge on any atom is -0.495 e. The number of aliphatic carboxylic acids is 1. The van der Waals surface area contributed by atoms with E-state index >= 15 is 0 Å². The number of epoxide rings is 1. The number of nitrogens with zero attached hydrogens (tertiary/aromatic N) is 2. The summed E-state index contributed by atoms with van der Waals surface area (Å²) in [6.45, 7) is 9.38. The number of alkyl carbamates (subject to hydrolysis) is 1. The maximum absolute atomic E-state index is 14.3. The van der Waals surface area contributed by atoms with E-state index in [4.69, 9.17) is 46.1 Å². The first-order chi connectivity index (χ1) is 31.5. The van der Waals surface area contributed by atoms with Crippen molar-refractivity contribution in [2.45, 2.75) is 145 Å². The molecule has 18 nitrogen and oxygen atoms in total. The highest BCUT2D eigenvalue weighted by molar-refractivity contribution is 8.76. The molecule has 0 aliphatic carbocycles. The summed E-state index contributed by atoms with van der Waals surface area (Å²) in [4.78, 5) is 80.4. The predicted molar refractivity (Wildman–Crippen MR) is 257 cm³/mol. The summed E-state index contributed by atoms with van der Waals surface area (Å²) < 4.78 is 29.4. The number of fused-ring (bicyclic) bond motifs is 5. The molecule has 4 amide bonds. The van der Waals surface area contributed by atoms with Crippen LogP contribution in [0.4, 0.5) is 10.5 Å². The summed E-state index contributed by atoms with van der Waals surface area (Å²) in [6.07, 6.45) is 3.28. The van der Waals surface area contributed by atoms with Crippen LogP contribution in [0.5, 0.6) is 5.75 Å². The number of nitrogens with one attached hydrogen (secondary N) is 2. The number of likely N-dealkylation sites (N-methyl/N-ethyl adjacent to an activating group) is 1. The number of hydrogen-bond acceptors (Lipinski definition) is 15. The lowest BCUT2D eigenvalue weighted by Gasteiger charge is -2.42. The Bertz CT molecular complexity index is 2010. The Morgan fingerprint density at radius 2 is 1.87 bits per heavy atom. The number of nitrogens with two attached hydrogens (primary N) is 1. The first kappa shape index (κ1) is 55.5. The van der Waals surface area contributed by atoms with Crippen LogP contribution in [0.25, 0.3) is 0 Å². The third kappa shape index (κ3) is 15.2. The number of anilines is 1. The minimum atomic E-state index is -1.86. The minimum absolute atomic E-state index is 0.0785. The molecular formula is C46H68ClN5O13S2. The fraction of sp³-hybridized carbons (Fsp3) is 0.652. The van der Waals surface area contributed by atoms with Crippen molar-refractivity contribution in [2.75, 3.05) is 45.5 Å². The number of hydrogen-bond donors (Lipinski definition) is 5. The SMILES string of the molecule is COc1cc2cc(c1Cl)N(C)C(=O)C[C@H](OC(=O)[C@H](C)N(C)C(=O)CCSSC(C)CCC(=O)NCCCC[C@H](N)C(=O)O)[C@]1(C)O[C@@H]1[C@H](C)[C@@H]1C[C@@](O)(NC(=O)O1)[C@H](OC)/C=C/C=C(\C)C2. The molecule has 2 saturated heterocycles. The number of rotatable bonds is 19. The van der Waals surface area contributed by atoms with Gasteiger partial charge in [0.25, 0.3) is 0 Å². The fourth-order valence-electron chi connectivity index (χ4n) is 8.00. The van der Waals surface area contributed by atoms with Gasteiger partial charge in [-0.1, -0.05) is 70.8 Å². The Labute approximate surface area is 406 Å². The Kier molecular flexibility index (Phi) is 20.7. The van der Waals surface area contributed by atoms with Crippen molar-refractivity contribution in [3.63, 3.8) is 0 Å². The summed E-state index contributed by atoms with van der Waals surface area (Å²) in [5.41, 5.74) is 4.45. The average molecular weight is 999 g/mol. The van der Waals surface area contributed by atoms with Gasteiger partial charge in [-0.25, -0.2) is 9.59 Å². The Morgan fingerprint density at radius 3 is 2.54 bits per heavy atom. The quantitative estimate of drug-likeness (QED) is 0.0520. The molecule has 3 aliphatic rings. The monoisotopic (exact) mass is 997 g/mol. The lowest BCUT2D eigenvalue weighted by molar-refractivity contribution is -0.162. The standard InChI is InChI=1S/C46H68ClN5O13S2/c1-26-13-12-15-35(62-9)46(60)25-34(63-44(59)50-46)28(3)41-45(5,65-41)36(24-39(55)52(7)32-22-30(21-26)23-33(61-8)40(32)47)64-43(58)29(4)51(6)38(54)18-20-66-67-27(2)16-17-37(53)49-19-11-10-14-31(48)42(56)57/h12-13,15,22-23,27-29,31,34-36,41,60H,10-11,14,16-21,24-25,48H2,1-9H3,(H,49,53)(H,50,59)(H,56,57)/b15-12+,26-13+/t27?,28-,29+,31+,34+,35-,36+,41-,45+,46+/m1/s1. The van der Waals surface area contributed by atoms with Gasteiger partial charge in [0.2, 0.25) is 17.7 Å². The van der Waals surface area contributed by atoms with Crippen LogP contribution in [0.2, 0.25) is 5.02 Å². The van der Waals surface area contributed by atoms with Gasteiger partial charge in [0, 0.05) is 63.9 Å². The molecule has 21 heteroatoms. The molecule has 1 unspecified atom stereocenters. The maximum atomic E-state index is 14.3. The molecule has 3 heterocycles. The van der Waals surface area contributed by atoms with E-state index in [1.54, 1.807) is 56.0 Å². The lowest BCUT2D eigenvalue weighted by Crippen LogP contribution is -2.63. The van der Waals surface area contributed by atoms with Crippen LogP contribution >= 0.6 is 33.2 Å². The van der Waals surface area contributed by atoms with Crippen LogP contribution in [-0.2, 0) is 49.3 Å². The second kappa shape index (κ2) is 25.0. The molecule has 10 atom stereocenters. The van der Waals surface area contributed by atoms with Crippen molar-refractivity contribution in [3.8, 4) is 5.75 Å². The fourth-order valence-corrected chi connectivity index (χ4v) is 10.6. The van der Waals surface area contributed by atoms with E-state index in [0.29, 0.717) is 62.3 Å². The van der Waals surface area contributed by atoms with Crippen LogP contribution in [-0.4, -0.2) is 145 Å². The molecule has 1 aromatic carbocycles. The van der Waals surface area contributed by atoms with Crippen molar-refractivity contribution >= 4 is 74.6 Å². The molecule has 0 saturated carbocycles. The van der Waals surface area contributed by atoms with Crippen molar-refractivity contribution in [2.24, 2.45) is 11.7 Å². The number of ether oxygens (including phenoxy) is 5. The molecule has 2 fully saturated rings. The molecule has 4 rings (SSSR count). The molecular weight excluding hydrogens is 930 g/mol. The molecule has 6 N–H and O–H groups in total. The van der Waals surface area contributed by atoms with Crippen molar-refractivity contribution in [1.29, 1.82) is 0 Å². The first-order valence-corrected chi connectivity index (χ1v) is 25.2. The predicted octanol–water partition coefficient (Wildman–Crippen LogP) is 5.15. The van der Waals surface area contributed by atoms with E-state index in [1.165, 1.54) is 48.8 Å². The highest BCUT2D eigenvalue weighted by atomic mass is 35.5. The van der Waals surface area contributed by atoms with Gasteiger partial charge in [-0.3, -0.25) is 24.5 Å². The highest BCUT2D eigenvalue weighted by Gasteiger charge is 2.64. The van der Waals surface area contributed by atoms with E-state index in [2.05, 4.69) is 10.6 Å². The molecule has 3 aliphatic heterocycles. The molecule has 1 aromatic rings. The first-order valence-electron chi connectivity index (χ1n) is 22.4. The van der Waals surface area contributed by atoms with E-state index in [9.17, 15) is 33.9 Å². The van der Waals surface area contributed by atoms with Gasteiger partial charge in [0.15, 0.2) is 5.72 Å². The average Bonchev–Trinajstić information content (AvgIpc) is 3.98. The zero-order valence-corrected chi connectivity index (χ0v) is 42.2. The third-order valence-corrected chi connectivity index (χ3v) is 15.9. The molecule has 4 bridgehead atoms. The van der Waals surface area contributed by atoms with Gasteiger partial charge in [-0.05, 0) is 70.6 Å². The number of unbranched alkanes of at least 4 members (excludes halogenated alkanes) is 1. The van der Waals surface area contributed by atoms with Gasteiger partial charge in [0.05, 0.1) is 25.3 Å². The smallest absolute Gasteiger partial charge is 0.409 e. The summed E-state index contributed by atoms with van der Waals surface area (Å²) in [7, 11) is 9.01. The molecule has 0 radical (unpaired) electrons.